The van der Waals surface area contributed by atoms with Crippen molar-refractivity contribution < 1.29 is 5.11 Å². The van der Waals surface area contributed by atoms with Gasteiger partial charge < -0.3 is 10.4 Å². The number of thiophene rings is 1. The number of hydrogen-bond donors (Lipinski definition) is 2. The first-order valence-corrected chi connectivity index (χ1v) is 6.24. The minimum absolute atomic E-state index is 0.0355. The van der Waals surface area contributed by atoms with E-state index in [1.165, 1.54) is 4.88 Å². The highest BCUT2D eigenvalue weighted by atomic mass is 35.5. The van der Waals surface area contributed by atoms with E-state index >= 15 is 0 Å². The fourth-order valence-electron chi connectivity index (χ4n) is 1.22. The molecule has 2 nitrogen and oxygen atoms in total. The summed E-state index contributed by atoms with van der Waals surface area (Å²) in [6.45, 7) is 7.66. The van der Waals surface area contributed by atoms with Crippen LogP contribution in [0, 0.1) is 0 Å². The maximum atomic E-state index is 9.80. The highest BCUT2D eigenvalue weighted by molar-refractivity contribution is 7.16. The molecule has 0 bridgehead atoms. The summed E-state index contributed by atoms with van der Waals surface area (Å²) in [6, 6.07) is 4.16. The molecule has 0 saturated carbocycles. The normalized spacial score (nSPS) is 16.4. The largest absolute Gasteiger partial charge is 0.389 e. The SMILES string of the molecule is CC(NC(C)C(C)(C)O)c1ccc(Cl)s1. The Morgan fingerprint density at radius 3 is 2.40 bits per heavy atom. The molecule has 2 N–H and O–H groups in total. The molecule has 2 atom stereocenters. The van der Waals surface area contributed by atoms with Gasteiger partial charge in [0.25, 0.3) is 0 Å². The molecule has 1 aromatic heterocycles. The van der Waals surface area contributed by atoms with Gasteiger partial charge in [-0.15, -0.1) is 11.3 Å². The summed E-state index contributed by atoms with van der Waals surface area (Å²) in [5, 5.41) is 13.2. The first-order valence-electron chi connectivity index (χ1n) is 5.04. The minimum Gasteiger partial charge on any atom is -0.389 e. The van der Waals surface area contributed by atoms with Gasteiger partial charge in [-0.2, -0.15) is 0 Å². The summed E-state index contributed by atoms with van der Waals surface area (Å²) in [5.41, 5.74) is -0.713. The van der Waals surface area contributed by atoms with Gasteiger partial charge >= 0.3 is 0 Å². The quantitative estimate of drug-likeness (QED) is 0.857. The zero-order chi connectivity index (χ0) is 11.6. The molecule has 0 aliphatic rings. The Hall–Kier alpha value is -0.0900. The van der Waals surface area contributed by atoms with E-state index in [1.54, 1.807) is 25.2 Å². The second-order valence-corrected chi connectivity index (χ2v) is 6.15. The summed E-state index contributed by atoms with van der Waals surface area (Å²) >= 11 is 7.44. The fourth-order valence-corrected chi connectivity index (χ4v) is 2.29. The Bertz CT molecular complexity index is 319. The summed E-state index contributed by atoms with van der Waals surface area (Å²) in [4.78, 5) is 1.19. The van der Waals surface area contributed by atoms with Crippen molar-refractivity contribution in [1.82, 2.24) is 5.32 Å². The van der Waals surface area contributed by atoms with E-state index in [9.17, 15) is 5.11 Å². The lowest BCUT2D eigenvalue weighted by Crippen LogP contribution is -2.45. The Morgan fingerprint density at radius 1 is 1.40 bits per heavy atom. The molecule has 0 fully saturated rings. The van der Waals surface area contributed by atoms with E-state index < -0.39 is 5.60 Å². The summed E-state index contributed by atoms with van der Waals surface area (Å²) in [6.07, 6.45) is 0. The second-order valence-electron chi connectivity index (χ2n) is 4.41. The van der Waals surface area contributed by atoms with Crippen molar-refractivity contribution in [2.24, 2.45) is 0 Å². The van der Waals surface area contributed by atoms with Gasteiger partial charge in [-0.1, -0.05) is 11.6 Å². The second kappa shape index (κ2) is 4.83. The molecule has 1 aromatic rings. The Morgan fingerprint density at radius 2 is 2.00 bits per heavy atom. The number of aliphatic hydroxyl groups is 1. The maximum Gasteiger partial charge on any atom is 0.0931 e. The molecule has 0 aliphatic heterocycles. The van der Waals surface area contributed by atoms with Crippen LogP contribution < -0.4 is 5.32 Å². The first kappa shape index (κ1) is 13.0. The Labute approximate surface area is 100 Å². The van der Waals surface area contributed by atoms with Crippen molar-refractivity contribution in [1.29, 1.82) is 0 Å². The van der Waals surface area contributed by atoms with Crippen molar-refractivity contribution in [3.05, 3.63) is 21.3 Å². The van der Waals surface area contributed by atoms with Crippen LogP contribution in [0.15, 0.2) is 12.1 Å². The van der Waals surface area contributed by atoms with Crippen molar-refractivity contribution in [3.63, 3.8) is 0 Å². The van der Waals surface area contributed by atoms with Crippen molar-refractivity contribution >= 4 is 22.9 Å². The molecule has 1 rings (SSSR count). The highest BCUT2D eigenvalue weighted by Gasteiger charge is 2.24. The standard InChI is InChI=1S/C11H18ClNOS/c1-7(9-5-6-10(12)15-9)13-8(2)11(3,4)14/h5-8,13-14H,1-4H3. The molecule has 0 aliphatic carbocycles. The van der Waals surface area contributed by atoms with Crippen LogP contribution in [0.25, 0.3) is 0 Å². The average Bonchev–Trinajstić information content (AvgIpc) is 2.50. The third-order valence-electron chi connectivity index (χ3n) is 2.58. The van der Waals surface area contributed by atoms with Crippen molar-refractivity contribution in [3.8, 4) is 0 Å². The van der Waals surface area contributed by atoms with Gasteiger partial charge in [0, 0.05) is 17.0 Å². The number of nitrogens with one attached hydrogen (secondary N) is 1. The molecule has 0 amide bonds. The van der Waals surface area contributed by atoms with Crippen LogP contribution in [0.4, 0.5) is 0 Å². The van der Waals surface area contributed by atoms with Crippen LogP contribution in [-0.2, 0) is 0 Å². The molecule has 0 radical (unpaired) electrons. The van der Waals surface area contributed by atoms with E-state index in [0.29, 0.717) is 0 Å². The molecule has 15 heavy (non-hydrogen) atoms. The molecule has 1 heterocycles. The van der Waals surface area contributed by atoms with Crippen LogP contribution in [0.2, 0.25) is 4.34 Å². The fraction of sp³-hybridized carbons (Fsp3) is 0.636. The molecule has 2 unspecified atom stereocenters. The predicted molar refractivity (Wildman–Crippen MR) is 66.6 cm³/mol. The number of hydrogen-bond acceptors (Lipinski definition) is 3. The zero-order valence-corrected chi connectivity index (χ0v) is 11.1. The molecular formula is C11H18ClNOS. The van der Waals surface area contributed by atoms with Gasteiger partial charge in [0.05, 0.1) is 9.94 Å². The molecule has 86 valence electrons. The lowest BCUT2D eigenvalue weighted by Gasteiger charge is -2.29. The summed E-state index contributed by atoms with van der Waals surface area (Å²) in [5.74, 6) is 0. The van der Waals surface area contributed by atoms with Gasteiger partial charge in [0.15, 0.2) is 0 Å². The highest BCUT2D eigenvalue weighted by Crippen LogP contribution is 2.27. The molecule has 0 aromatic carbocycles. The van der Waals surface area contributed by atoms with Gasteiger partial charge in [0.2, 0.25) is 0 Å². The monoisotopic (exact) mass is 247 g/mol. The van der Waals surface area contributed by atoms with Crippen LogP contribution in [0.5, 0.6) is 0 Å². The lowest BCUT2D eigenvalue weighted by atomic mass is 10.00. The molecule has 4 heteroatoms. The smallest absolute Gasteiger partial charge is 0.0931 e. The van der Waals surface area contributed by atoms with E-state index in [1.807, 2.05) is 19.1 Å². The van der Waals surface area contributed by atoms with E-state index in [2.05, 4.69) is 12.2 Å². The van der Waals surface area contributed by atoms with Gasteiger partial charge in [-0.3, -0.25) is 0 Å². The van der Waals surface area contributed by atoms with E-state index in [0.717, 1.165) is 4.34 Å². The van der Waals surface area contributed by atoms with Crippen LogP contribution in [0.3, 0.4) is 0 Å². The van der Waals surface area contributed by atoms with Crippen LogP contribution in [0.1, 0.15) is 38.6 Å². The average molecular weight is 248 g/mol. The predicted octanol–water partition coefficient (Wildman–Crippen LogP) is 3.21. The van der Waals surface area contributed by atoms with Crippen molar-refractivity contribution in [2.45, 2.75) is 45.4 Å². The molecule has 0 spiro atoms. The zero-order valence-electron chi connectivity index (χ0n) is 9.54. The lowest BCUT2D eigenvalue weighted by molar-refractivity contribution is 0.0407. The number of rotatable bonds is 4. The summed E-state index contributed by atoms with van der Waals surface area (Å²) < 4.78 is 0.801. The van der Waals surface area contributed by atoms with E-state index in [-0.39, 0.29) is 12.1 Å². The van der Waals surface area contributed by atoms with Crippen LogP contribution in [-0.4, -0.2) is 16.7 Å². The molecular weight excluding hydrogens is 230 g/mol. The Kier molecular flexibility index (Phi) is 4.18. The van der Waals surface area contributed by atoms with Crippen LogP contribution >= 0.6 is 22.9 Å². The minimum atomic E-state index is -0.713. The van der Waals surface area contributed by atoms with E-state index in [4.69, 9.17) is 11.6 Å². The third kappa shape index (κ3) is 3.76. The van der Waals surface area contributed by atoms with Crippen molar-refractivity contribution in [2.75, 3.05) is 0 Å². The third-order valence-corrected chi connectivity index (χ3v) is 3.99. The summed E-state index contributed by atoms with van der Waals surface area (Å²) in [7, 11) is 0. The van der Waals surface area contributed by atoms with Gasteiger partial charge in [0.1, 0.15) is 0 Å². The van der Waals surface area contributed by atoms with Gasteiger partial charge in [-0.05, 0) is 39.8 Å². The topological polar surface area (TPSA) is 32.3 Å². The number of halogens is 1. The Balaban J connectivity index is 2.60. The first-order chi connectivity index (χ1) is 6.80. The maximum absolute atomic E-state index is 9.80. The van der Waals surface area contributed by atoms with Gasteiger partial charge in [-0.25, -0.2) is 0 Å². The molecule has 0 saturated heterocycles.